The SMILES string of the molecule is c1ccc2c(c1)CC[C]2n1ncc2ccccc21. The monoisotopic (exact) mass is 233 g/mol. The van der Waals surface area contributed by atoms with Crippen LogP contribution in [0.25, 0.3) is 10.9 Å². The first kappa shape index (κ1) is 9.89. The lowest BCUT2D eigenvalue weighted by Gasteiger charge is -2.12. The van der Waals surface area contributed by atoms with E-state index in [1.165, 1.54) is 28.1 Å². The van der Waals surface area contributed by atoms with Gasteiger partial charge in [-0.25, -0.2) is 0 Å². The fourth-order valence-corrected chi connectivity index (χ4v) is 2.81. The molecule has 0 spiro atoms. The van der Waals surface area contributed by atoms with Crippen LogP contribution in [0.2, 0.25) is 0 Å². The maximum Gasteiger partial charge on any atom is 0.118 e. The molecule has 1 aliphatic carbocycles. The number of fused-ring (bicyclic) bond motifs is 2. The molecular weight excluding hydrogens is 220 g/mol. The molecule has 0 N–H and O–H groups in total. The first-order chi connectivity index (χ1) is 8.93. The van der Waals surface area contributed by atoms with Crippen LogP contribution in [-0.2, 0) is 6.42 Å². The third kappa shape index (κ3) is 1.32. The molecule has 0 atom stereocenters. The molecule has 0 fully saturated rings. The number of aromatic nitrogens is 2. The van der Waals surface area contributed by atoms with Gasteiger partial charge in [0.15, 0.2) is 0 Å². The minimum atomic E-state index is 1.07. The zero-order valence-electron chi connectivity index (χ0n) is 10.0. The Morgan fingerprint density at radius 2 is 1.72 bits per heavy atom. The van der Waals surface area contributed by atoms with Crippen LogP contribution >= 0.6 is 0 Å². The van der Waals surface area contributed by atoms with Crippen molar-refractivity contribution in [2.45, 2.75) is 12.8 Å². The normalized spacial score (nSPS) is 15.1. The van der Waals surface area contributed by atoms with Crippen molar-refractivity contribution in [2.75, 3.05) is 0 Å². The highest BCUT2D eigenvalue weighted by Crippen LogP contribution is 2.34. The van der Waals surface area contributed by atoms with E-state index in [1.807, 2.05) is 6.20 Å². The molecule has 1 radical (unpaired) electrons. The molecule has 4 rings (SSSR count). The molecule has 18 heavy (non-hydrogen) atoms. The van der Waals surface area contributed by atoms with E-state index in [9.17, 15) is 0 Å². The first-order valence-electron chi connectivity index (χ1n) is 6.31. The number of para-hydroxylation sites is 1. The quantitative estimate of drug-likeness (QED) is 0.629. The van der Waals surface area contributed by atoms with E-state index < -0.39 is 0 Å². The maximum absolute atomic E-state index is 4.56. The van der Waals surface area contributed by atoms with Crippen molar-refractivity contribution in [2.24, 2.45) is 0 Å². The predicted octanol–water partition coefficient (Wildman–Crippen LogP) is 3.41. The molecule has 2 aromatic carbocycles. The summed E-state index contributed by atoms with van der Waals surface area (Å²) in [5.74, 6) is 0. The molecule has 0 bridgehead atoms. The summed E-state index contributed by atoms with van der Waals surface area (Å²) >= 11 is 0. The van der Waals surface area contributed by atoms with Gasteiger partial charge in [-0.1, -0.05) is 42.5 Å². The molecule has 0 saturated heterocycles. The Morgan fingerprint density at radius 1 is 0.889 bits per heavy atom. The van der Waals surface area contributed by atoms with Crippen molar-refractivity contribution in [3.05, 3.63) is 71.9 Å². The maximum atomic E-state index is 4.56. The molecule has 1 heterocycles. The molecule has 1 aliphatic rings. The van der Waals surface area contributed by atoms with E-state index in [0.717, 1.165) is 12.8 Å². The Bertz CT molecular complexity index is 712. The molecule has 1 aromatic heterocycles. The minimum absolute atomic E-state index is 1.07. The minimum Gasteiger partial charge on any atom is -0.251 e. The first-order valence-corrected chi connectivity index (χ1v) is 6.31. The summed E-state index contributed by atoms with van der Waals surface area (Å²) in [5.41, 5.74) is 3.99. The van der Waals surface area contributed by atoms with Gasteiger partial charge in [-0.05, 0) is 30.0 Å². The lowest BCUT2D eigenvalue weighted by atomic mass is 10.1. The average Bonchev–Trinajstić information content (AvgIpc) is 3.01. The second kappa shape index (κ2) is 3.70. The van der Waals surface area contributed by atoms with Gasteiger partial charge in [-0.2, -0.15) is 5.10 Å². The number of rotatable bonds is 1. The van der Waals surface area contributed by atoms with Crippen LogP contribution in [0.3, 0.4) is 0 Å². The third-order valence-electron chi connectivity index (χ3n) is 3.69. The van der Waals surface area contributed by atoms with Gasteiger partial charge in [-0.3, -0.25) is 4.68 Å². The molecule has 3 aromatic rings. The molecule has 0 aliphatic heterocycles. The van der Waals surface area contributed by atoms with Crippen molar-refractivity contribution in [3.63, 3.8) is 0 Å². The number of hydrogen-bond donors (Lipinski definition) is 0. The van der Waals surface area contributed by atoms with Gasteiger partial charge in [0.25, 0.3) is 0 Å². The van der Waals surface area contributed by atoms with Crippen LogP contribution in [0.1, 0.15) is 17.5 Å². The lowest BCUT2D eigenvalue weighted by Crippen LogP contribution is -2.09. The third-order valence-corrected chi connectivity index (χ3v) is 3.69. The summed E-state index contributed by atoms with van der Waals surface area (Å²) < 4.78 is 2.10. The topological polar surface area (TPSA) is 17.8 Å². The number of hydrogen-bond acceptors (Lipinski definition) is 1. The molecule has 0 amide bonds. The zero-order chi connectivity index (χ0) is 11.9. The van der Waals surface area contributed by atoms with Crippen molar-refractivity contribution < 1.29 is 0 Å². The van der Waals surface area contributed by atoms with Crippen molar-refractivity contribution in [3.8, 4) is 0 Å². The van der Waals surface area contributed by atoms with Crippen LogP contribution in [0.5, 0.6) is 0 Å². The van der Waals surface area contributed by atoms with E-state index in [4.69, 9.17) is 0 Å². The standard InChI is InChI=1S/C16H13N2/c1-3-7-14-12(5-1)9-10-16(14)18-15-8-4-2-6-13(15)11-17-18/h1-8,11H,9-10H2. The molecule has 0 saturated carbocycles. The van der Waals surface area contributed by atoms with Gasteiger partial charge in [0.05, 0.1) is 11.7 Å². The summed E-state index contributed by atoms with van der Waals surface area (Å²) in [6.45, 7) is 0. The van der Waals surface area contributed by atoms with E-state index in [0.29, 0.717) is 0 Å². The number of aryl methyl sites for hydroxylation is 1. The smallest absolute Gasteiger partial charge is 0.118 e. The van der Waals surface area contributed by atoms with Crippen LogP contribution in [0.4, 0.5) is 0 Å². The highest BCUT2D eigenvalue weighted by molar-refractivity contribution is 5.79. The van der Waals surface area contributed by atoms with E-state index in [2.05, 4.69) is 58.3 Å². The Kier molecular flexibility index (Phi) is 2.04. The average molecular weight is 233 g/mol. The fraction of sp³-hybridized carbons (Fsp3) is 0.125. The Balaban J connectivity index is 1.90. The highest BCUT2D eigenvalue weighted by atomic mass is 15.3. The van der Waals surface area contributed by atoms with E-state index in [-0.39, 0.29) is 0 Å². The van der Waals surface area contributed by atoms with Gasteiger partial charge in [0, 0.05) is 5.39 Å². The molecule has 2 nitrogen and oxygen atoms in total. The Hall–Kier alpha value is -2.09. The molecule has 0 unspecified atom stereocenters. The van der Waals surface area contributed by atoms with Gasteiger partial charge in [0.1, 0.15) is 6.04 Å². The van der Waals surface area contributed by atoms with Crippen molar-refractivity contribution in [1.82, 2.24) is 9.78 Å². The van der Waals surface area contributed by atoms with Gasteiger partial charge in [0.2, 0.25) is 0 Å². The van der Waals surface area contributed by atoms with E-state index in [1.54, 1.807) is 0 Å². The lowest BCUT2D eigenvalue weighted by molar-refractivity contribution is 0.708. The Labute approximate surface area is 106 Å². The van der Waals surface area contributed by atoms with Crippen molar-refractivity contribution in [1.29, 1.82) is 0 Å². The predicted molar refractivity (Wildman–Crippen MR) is 72.2 cm³/mol. The summed E-state index contributed by atoms with van der Waals surface area (Å²) in [6.07, 6.45) is 4.15. The molecule has 87 valence electrons. The van der Waals surface area contributed by atoms with Crippen LogP contribution in [0.15, 0.2) is 54.7 Å². The summed E-state index contributed by atoms with van der Waals surface area (Å²) in [7, 11) is 0. The van der Waals surface area contributed by atoms with Gasteiger partial charge >= 0.3 is 0 Å². The fourth-order valence-electron chi connectivity index (χ4n) is 2.81. The van der Waals surface area contributed by atoms with Crippen LogP contribution in [-0.4, -0.2) is 9.78 Å². The molecular formula is C16H13N2. The summed E-state index contributed by atoms with van der Waals surface area (Å²) in [5, 5.41) is 5.76. The zero-order valence-corrected chi connectivity index (χ0v) is 10.0. The molecule has 2 heteroatoms. The van der Waals surface area contributed by atoms with Gasteiger partial charge < -0.3 is 0 Å². The number of benzene rings is 2. The van der Waals surface area contributed by atoms with Gasteiger partial charge in [-0.15, -0.1) is 0 Å². The second-order valence-electron chi connectivity index (χ2n) is 4.72. The summed E-state index contributed by atoms with van der Waals surface area (Å²) in [6, 6.07) is 18.3. The summed E-state index contributed by atoms with van der Waals surface area (Å²) in [4.78, 5) is 0. The van der Waals surface area contributed by atoms with Crippen LogP contribution < -0.4 is 0 Å². The highest BCUT2D eigenvalue weighted by Gasteiger charge is 2.26. The van der Waals surface area contributed by atoms with E-state index >= 15 is 0 Å². The largest absolute Gasteiger partial charge is 0.251 e. The Morgan fingerprint density at radius 3 is 2.72 bits per heavy atom. The van der Waals surface area contributed by atoms with Crippen LogP contribution in [0, 0.1) is 6.04 Å². The number of nitrogens with zero attached hydrogens (tertiary/aromatic N) is 2. The second-order valence-corrected chi connectivity index (χ2v) is 4.72. The van der Waals surface area contributed by atoms with Crippen molar-refractivity contribution >= 4 is 10.9 Å².